The first-order valence-corrected chi connectivity index (χ1v) is 7.02. The van der Waals surface area contributed by atoms with Crippen LogP contribution in [0, 0.1) is 5.92 Å². The van der Waals surface area contributed by atoms with Crippen LogP contribution in [0.15, 0.2) is 36.5 Å². The lowest BCUT2D eigenvalue weighted by atomic mass is 10.0. The van der Waals surface area contributed by atoms with Gasteiger partial charge in [-0.3, -0.25) is 0 Å². The highest BCUT2D eigenvalue weighted by molar-refractivity contribution is 5.84. The zero-order valence-corrected chi connectivity index (χ0v) is 13.6. The van der Waals surface area contributed by atoms with Crippen molar-refractivity contribution in [2.75, 3.05) is 6.61 Å². The van der Waals surface area contributed by atoms with Gasteiger partial charge in [0, 0.05) is 11.6 Å². The van der Waals surface area contributed by atoms with E-state index in [9.17, 15) is 9.59 Å². The monoisotopic (exact) mass is 296 g/mol. The molecule has 0 fully saturated rings. The van der Waals surface area contributed by atoms with E-state index < -0.39 is 5.97 Å². The highest BCUT2D eigenvalue weighted by atomic mass is 16.5. The Morgan fingerprint density at radius 2 is 1.76 bits per heavy atom. The van der Waals surface area contributed by atoms with Crippen molar-refractivity contribution in [2.45, 2.75) is 47.0 Å². The Hall–Kier alpha value is -1.84. The van der Waals surface area contributed by atoms with E-state index in [-0.39, 0.29) is 11.5 Å². The van der Waals surface area contributed by atoms with Crippen molar-refractivity contribution in [2.24, 2.45) is 5.92 Å². The summed E-state index contributed by atoms with van der Waals surface area (Å²) in [5, 5.41) is 7.89. The third kappa shape index (κ3) is 18.2. The number of carboxylic acid groups (broad SMARTS) is 1. The average Bonchev–Trinajstić information content (AvgIpc) is 2.38. The summed E-state index contributed by atoms with van der Waals surface area (Å²) >= 11 is 0. The molecule has 0 radical (unpaired) electrons. The van der Waals surface area contributed by atoms with Crippen LogP contribution >= 0.6 is 0 Å². The van der Waals surface area contributed by atoms with Crippen molar-refractivity contribution in [3.05, 3.63) is 36.5 Å². The minimum atomic E-state index is -0.935. The first-order chi connectivity index (χ1) is 9.70. The molecular weight excluding hydrogens is 268 g/mol. The van der Waals surface area contributed by atoms with Crippen molar-refractivity contribution in [3.8, 4) is 0 Å². The third-order valence-corrected chi connectivity index (χ3v) is 2.60. The molecule has 0 aliphatic heterocycles. The van der Waals surface area contributed by atoms with Gasteiger partial charge in [0.05, 0.1) is 6.61 Å². The summed E-state index contributed by atoms with van der Waals surface area (Å²) < 4.78 is 4.92. The maximum Gasteiger partial charge on any atom is 0.330 e. The van der Waals surface area contributed by atoms with Crippen LogP contribution in [0.1, 0.15) is 47.0 Å². The summed E-state index contributed by atoms with van der Waals surface area (Å²) in [5.41, 5.74) is 1.54. The maximum atomic E-state index is 10.7. The number of hydrogen-bond donors (Lipinski definition) is 1. The second kappa shape index (κ2) is 13.2. The Kier molecular flexibility index (Phi) is 13.4. The fourth-order valence-electron chi connectivity index (χ4n) is 1.22. The molecule has 0 rings (SSSR count). The molecule has 0 saturated carbocycles. The summed E-state index contributed by atoms with van der Waals surface area (Å²) in [7, 11) is 0. The molecule has 1 N–H and O–H groups in total. The maximum absolute atomic E-state index is 10.7. The second-order valence-corrected chi connectivity index (χ2v) is 5.21. The Bertz CT molecular complexity index is 364. The van der Waals surface area contributed by atoms with E-state index >= 15 is 0 Å². The SMILES string of the molecule is C=C(C)C(=O)O.C=CC(=O)OCCC(C)CCC=C(C)C. The van der Waals surface area contributed by atoms with Crippen LogP contribution in [0.2, 0.25) is 0 Å². The van der Waals surface area contributed by atoms with Gasteiger partial charge in [-0.15, -0.1) is 0 Å². The van der Waals surface area contributed by atoms with Gasteiger partial charge in [-0.05, 0) is 46.0 Å². The van der Waals surface area contributed by atoms with Gasteiger partial charge in [-0.1, -0.05) is 31.7 Å². The summed E-state index contributed by atoms with van der Waals surface area (Å²) in [6.45, 7) is 14.8. The van der Waals surface area contributed by atoms with Gasteiger partial charge in [0.1, 0.15) is 0 Å². The minimum absolute atomic E-state index is 0.176. The number of carboxylic acids is 1. The van der Waals surface area contributed by atoms with E-state index in [2.05, 4.69) is 40.0 Å². The van der Waals surface area contributed by atoms with E-state index in [1.54, 1.807) is 0 Å². The van der Waals surface area contributed by atoms with E-state index in [1.807, 2.05) is 0 Å². The molecular formula is C17H28O4. The summed E-state index contributed by atoms with van der Waals surface area (Å²) in [6, 6.07) is 0. The molecule has 21 heavy (non-hydrogen) atoms. The molecule has 0 bridgehead atoms. The third-order valence-electron chi connectivity index (χ3n) is 2.60. The number of carbonyl (C=O) groups is 2. The molecule has 0 aromatic heterocycles. The predicted octanol–water partition coefficient (Wildman–Crippen LogP) is 4.14. The fourth-order valence-corrected chi connectivity index (χ4v) is 1.22. The van der Waals surface area contributed by atoms with Crippen LogP contribution in [0.5, 0.6) is 0 Å². The molecule has 0 saturated heterocycles. The van der Waals surface area contributed by atoms with E-state index in [0.29, 0.717) is 12.5 Å². The lowest BCUT2D eigenvalue weighted by Gasteiger charge is -2.09. The number of aliphatic carboxylic acids is 1. The van der Waals surface area contributed by atoms with Gasteiger partial charge >= 0.3 is 11.9 Å². The zero-order valence-electron chi connectivity index (χ0n) is 13.6. The van der Waals surface area contributed by atoms with Gasteiger partial charge in [-0.2, -0.15) is 0 Å². The minimum Gasteiger partial charge on any atom is -0.478 e. The highest BCUT2D eigenvalue weighted by Gasteiger charge is 2.02. The zero-order chi connectivity index (χ0) is 16.8. The van der Waals surface area contributed by atoms with E-state index in [4.69, 9.17) is 9.84 Å². The largest absolute Gasteiger partial charge is 0.478 e. The lowest BCUT2D eigenvalue weighted by Crippen LogP contribution is -2.06. The van der Waals surface area contributed by atoms with Crippen molar-refractivity contribution >= 4 is 11.9 Å². The first kappa shape index (κ1) is 21.5. The highest BCUT2D eigenvalue weighted by Crippen LogP contribution is 2.11. The molecule has 0 aromatic carbocycles. The number of allylic oxidation sites excluding steroid dienone is 2. The van der Waals surface area contributed by atoms with Gasteiger partial charge in [-0.25, -0.2) is 9.59 Å². The Balaban J connectivity index is 0. The number of ether oxygens (including phenoxy) is 1. The summed E-state index contributed by atoms with van der Waals surface area (Å²) in [5.74, 6) is -0.667. The molecule has 120 valence electrons. The fraction of sp³-hybridized carbons (Fsp3) is 0.529. The van der Waals surface area contributed by atoms with Gasteiger partial charge in [0.15, 0.2) is 0 Å². The van der Waals surface area contributed by atoms with Gasteiger partial charge in [0.2, 0.25) is 0 Å². The Morgan fingerprint density at radius 1 is 1.24 bits per heavy atom. The Morgan fingerprint density at radius 3 is 2.14 bits per heavy atom. The molecule has 0 spiro atoms. The summed E-state index contributed by atoms with van der Waals surface area (Å²) in [4.78, 5) is 20.3. The van der Waals surface area contributed by atoms with Crippen LogP contribution in [0.4, 0.5) is 0 Å². The molecule has 0 aliphatic carbocycles. The van der Waals surface area contributed by atoms with E-state index in [1.165, 1.54) is 18.6 Å². The topological polar surface area (TPSA) is 63.6 Å². The first-order valence-electron chi connectivity index (χ1n) is 7.02. The van der Waals surface area contributed by atoms with Crippen LogP contribution in [-0.2, 0) is 14.3 Å². The number of hydrogen-bond acceptors (Lipinski definition) is 3. The molecule has 4 nitrogen and oxygen atoms in total. The van der Waals surface area contributed by atoms with E-state index in [0.717, 1.165) is 19.3 Å². The van der Waals surface area contributed by atoms with Crippen LogP contribution in [0.3, 0.4) is 0 Å². The predicted molar refractivity (Wildman–Crippen MR) is 86.1 cm³/mol. The number of carbonyl (C=O) groups excluding carboxylic acids is 1. The van der Waals surface area contributed by atoms with Crippen molar-refractivity contribution < 1.29 is 19.4 Å². The van der Waals surface area contributed by atoms with Crippen molar-refractivity contribution in [3.63, 3.8) is 0 Å². The lowest BCUT2D eigenvalue weighted by molar-refractivity contribution is -0.138. The number of rotatable bonds is 8. The van der Waals surface area contributed by atoms with Crippen LogP contribution in [0.25, 0.3) is 0 Å². The quantitative estimate of drug-likeness (QED) is 0.415. The normalized spacial score (nSPS) is 10.5. The average molecular weight is 296 g/mol. The number of esters is 1. The van der Waals surface area contributed by atoms with Crippen molar-refractivity contribution in [1.29, 1.82) is 0 Å². The van der Waals surface area contributed by atoms with Crippen molar-refractivity contribution in [1.82, 2.24) is 0 Å². The molecule has 1 atom stereocenters. The molecule has 0 aliphatic rings. The smallest absolute Gasteiger partial charge is 0.330 e. The molecule has 1 unspecified atom stereocenters. The van der Waals surface area contributed by atoms with Gasteiger partial charge in [0.25, 0.3) is 0 Å². The van der Waals surface area contributed by atoms with Gasteiger partial charge < -0.3 is 9.84 Å². The van der Waals surface area contributed by atoms with Crippen LogP contribution < -0.4 is 0 Å². The molecule has 4 heteroatoms. The standard InChI is InChI=1S/C13H22O2.C4H6O2/c1-5-13(14)15-10-9-12(4)8-6-7-11(2)3;1-3(2)4(5)6/h5,7,12H,1,6,8-10H2,2-4H3;1H2,2H3,(H,5,6). The molecule has 0 amide bonds. The second-order valence-electron chi connectivity index (χ2n) is 5.21. The summed E-state index contributed by atoms with van der Waals surface area (Å²) in [6.07, 6.45) is 6.63. The Labute approximate surface area is 128 Å². The molecule has 0 heterocycles. The molecule has 0 aromatic rings. The van der Waals surface area contributed by atoms with Crippen LogP contribution in [-0.4, -0.2) is 23.7 Å².